The highest BCUT2D eigenvalue weighted by atomic mass is 16.5. The number of nitrogens with zero attached hydrogens (tertiary/aromatic N) is 3. The fraction of sp³-hybridized carbons (Fsp3) is 0.643. The summed E-state index contributed by atoms with van der Waals surface area (Å²) in [5.41, 5.74) is 1.45. The van der Waals surface area contributed by atoms with Crippen LogP contribution in [0.5, 0.6) is 0 Å². The largest absolute Gasteiger partial charge is 0.469 e. The van der Waals surface area contributed by atoms with Crippen LogP contribution >= 0.6 is 0 Å². The Morgan fingerprint density at radius 1 is 1.52 bits per heavy atom. The molecule has 1 fully saturated rings. The molecule has 0 N–H and O–H groups in total. The predicted octanol–water partition coefficient (Wildman–Crippen LogP) is 0.387. The maximum atomic E-state index is 12.5. The Bertz CT molecular complexity index is 526. The van der Waals surface area contributed by atoms with Crippen LogP contribution < -0.4 is 0 Å². The van der Waals surface area contributed by atoms with Crippen LogP contribution in [-0.2, 0) is 27.7 Å². The number of methoxy groups -OCH3 is 1. The lowest BCUT2D eigenvalue weighted by Gasteiger charge is -2.32. The van der Waals surface area contributed by atoms with Gasteiger partial charge in [0, 0.05) is 20.1 Å². The van der Waals surface area contributed by atoms with Crippen LogP contribution in [-0.4, -0.2) is 59.5 Å². The Labute approximate surface area is 123 Å². The van der Waals surface area contributed by atoms with Crippen molar-refractivity contribution >= 4 is 11.9 Å². The van der Waals surface area contributed by atoms with Gasteiger partial charge >= 0.3 is 5.97 Å². The standard InChI is InChI=1S/C14H21N3O4/c1-4-10-7-12(16(2)15-10)14(19)17-5-6-21-11(9-17)8-13(18)20-3/h7,11H,4-6,8-9H2,1-3H3. The topological polar surface area (TPSA) is 73.7 Å². The van der Waals surface area contributed by atoms with E-state index in [1.54, 1.807) is 16.6 Å². The number of ether oxygens (including phenoxy) is 2. The van der Waals surface area contributed by atoms with Crippen molar-refractivity contribution < 1.29 is 19.1 Å². The van der Waals surface area contributed by atoms with E-state index in [2.05, 4.69) is 9.84 Å². The summed E-state index contributed by atoms with van der Waals surface area (Å²) in [5.74, 6) is -0.411. The van der Waals surface area contributed by atoms with Gasteiger partial charge in [-0.15, -0.1) is 0 Å². The second kappa shape index (κ2) is 6.71. The van der Waals surface area contributed by atoms with Crippen molar-refractivity contribution in [3.63, 3.8) is 0 Å². The minimum Gasteiger partial charge on any atom is -0.469 e. The molecule has 1 aromatic rings. The smallest absolute Gasteiger partial charge is 0.308 e. The van der Waals surface area contributed by atoms with Gasteiger partial charge in [-0.2, -0.15) is 5.10 Å². The summed E-state index contributed by atoms with van der Waals surface area (Å²) in [6.45, 7) is 3.33. The number of aryl methyl sites for hydroxylation is 2. The van der Waals surface area contributed by atoms with Gasteiger partial charge in [-0.05, 0) is 12.5 Å². The Morgan fingerprint density at radius 2 is 2.29 bits per heavy atom. The molecule has 21 heavy (non-hydrogen) atoms. The maximum Gasteiger partial charge on any atom is 0.308 e. The van der Waals surface area contributed by atoms with E-state index in [-0.39, 0.29) is 24.4 Å². The van der Waals surface area contributed by atoms with Crippen LogP contribution in [0, 0.1) is 0 Å². The third kappa shape index (κ3) is 3.60. The van der Waals surface area contributed by atoms with Gasteiger partial charge in [0.2, 0.25) is 0 Å². The van der Waals surface area contributed by atoms with E-state index in [1.165, 1.54) is 7.11 Å². The summed E-state index contributed by atoms with van der Waals surface area (Å²) in [5, 5.41) is 4.29. The number of esters is 1. The number of morpholine rings is 1. The molecular formula is C14H21N3O4. The molecule has 0 radical (unpaired) electrons. The Balaban J connectivity index is 2.04. The second-order valence-electron chi connectivity index (χ2n) is 5.02. The molecule has 1 aromatic heterocycles. The molecule has 116 valence electrons. The number of carbonyl (C=O) groups is 2. The van der Waals surface area contributed by atoms with Gasteiger partial charge in [0.05, 0.1) is 31.9 Å². The van der Waals surface area contributed by atoms with Crippen LogP contribution in [0.3, 0.4) is 0 Å². The molecular weight excluding hydrogens is 274 g/mol. The van der Waals surface area contributed by atoms with Crippen LogP contribution in [0.4, 0.5) is 0 Å². The van der Waals surface area contributed by atoms with Crippen molar-refractivity contribution in [1.82, 2.24) is 14.7 Å². The van der Waals surface area contributed by atoms with Crippen molar-refractivity contribution in [2.45, 2.75) is 25.9 Å². The van der Waals surface area contributed by atoms with E-state index in [0.717, 1.165) is 12.1 Å². The SMILES string of the molecule is CCc1cc(C(=O)N2CCOC(CC(=O)OC)C2)n(C)n1. The molecule has 0 aromatic carbocycles. The van der Waals surface area contributed by atoms with Gasteiger partial charge in [-0.1, -0.05) is 6.92 Å². The molecule has 1 unspecified atom stereocenters. The number of hydrogen-bond acceptors (Lipinski definition) is 5. The second-order valence-corrected chi connectivity index (χ2v) is 5.02. The van der Waals surface area contributed by atoms with Crippen LogP contribution in [0.25, 0.3) is 0 Å². The first-order chi connectivity index (χ1) is 10.0. The normalized spacial score (nSPS) is 18.6. The quantitative estimate of drug-likeness (QED) is 0.751. The number of aromatic nitrogens is 2. The molecule has 0 bridgehead atoms. The van der Waals surface area contributed by atoms with Crippen molar-refractivity contribution in [2.75, 3.05) is 26.8 Å². The third-order valence-corrected chi connectivity index (χ3v) is 3.56. The first kappa shape index (κ1) is 15.5. The Hall–Kier alpha value is -1.89. The molecule has 7 nitrogen and oxygen atoms in total. The van der Waals surface area contributed by atoms with Crippen LogP contribution in [0.15, 0.2) is 6.07 Å². The maximum absolute atomic E-state index is 12.5. The highest BCUT2D eigenvalue weighted by Crippen LogP contribution is 2.14. The predicted molar refractivity (Wildman–Crippen MR) is 74.9 cm³/mol. The molecule has 7 heteroatoms. The fourth-order valence-electron chi connectivity index (χ4n) is 2.36. The number of carbonyl (C=O) groups excluding carboxylic acids is 2. The molecule has 2 heterocycles. The molecule has 0 spiro atoms. The third-order valence-electron chi connectivity index (χ3n) is 3.56. The summed E-state index contributed by atoms with van der Waals surface area (Å²) in [7, 11) is 3.11. The molecule has 1 aliphatic heterocycles. The molecule has 1 saturated heterocycles. The summed E-state index contributed by atoms with van der Waals surface area (Å²) >= 11 is 0. The van der Waals surface area contributed by atoms with E-state index in [9.17, 15) is 9.59 Å². The highest BCUT2D eigenvalue weighted by molar-refractivity contribution is 5.92. The molecule has 0 aliphatic carbocycles. The summed E-state index contributed by atoms with van der Waals surface area (Å²) < 4.78 is 11.7. The zero-order chi connectivity index (χ0) is 15.4. The van der Waals surface area contributed by atoms with E-state index in [4.69, 9.17) is 4.74 Å². The van der Waals surface area contributed by atoms with E-state index >= 15 is 0 Å². The zero-order valence-corrected chi connectivity index (χ0v) is 12.7. The van der Waals surface area contributed by atoms with E-state index < -0.39 is 0 Å². The Morgan fingerprint density at radius 3 is 2.90 bits per heavy atom. The molecule has 1 amide bonds. The van der Waals surface area contributed by atoms with Gasteiger partial charge < -0.3 is 14.4 Å². The van der Waals surface area contributed by atoms with Gasteiger partial charge in [-0.3, -0.25) is 14.3 Å². The number of rotatable bonds is 4. The summed E-state index contributed by atoms with van der Waals surface area (Å²) in [4.78, 5) is 25.5. The molecule has 2 rings (SSSR count). The molecule has 1 aliphatic rings. The minimum atomic E-state index is -0.330. The molecule has 1 atom stereocenters. The van der Waals surface area contributed by atoms with E-state index in [1.807, 2.05) is 13.0 Å². The number of amides is 1. The monoisotopic (exact) mass is 295 g/mol. The van der Waals surface area contributed by atoms with Crippen LogP contribution in [0.1, 0.15) is 29.5 Å². The van der Waals surface area contributed by atoms with Crippen molar-refractivity contribution in [2.24, 2.45) is 7.05 Å². The average Bonchev–Trinajstić information content (AvgIpc) is 2.87. The molecule has 0 saturated carbocycles. The van der Waals surface area contributed by atoms with E-state index in [0.29, 0.717) is 25.4 Å². The van der Waals surface area contributed by atoms with Gasteiger partial charge in [-0.25, -0.2) is 0 Å². The first-order valence-electron chi connectivity index (χ1n) is 7.05. The first-order valence-corrected chi connectivity index (χ1v) is 7.05. The Kier molecular flexibility index (Phi) is 4.95. The fourth-order valence-corrected chi connectivity index (χ4v) is 2.36. The summed E-state index contributed by atoms with van der Waals surface area (Å²) in [6, 6.07) is 1.81. The van der Waals surface area contributed by atoms with Crippen molar-refractivity contribution in [3.8, 4) is 0 Å². The lowest BCUT2D eigenvalue weighted by atomic mass is 10.2. The van der Waals surface area contributed by atoms with Crippen molar-refractivity contribution in [1.29, 1.82) is 0 Å². The lowest BCUT2D eigenvalue weighted by Crippen LogP contribution is -2.46. The number of hydrogen-bond donors (Lipinski definition) is 0. The minimum absolute atomic E-state index is 0.0807. The lowest BCUT2D eigenvalue weighted by molar-refractivity contribution is -0.145. The zero-order valence-electron chi connectivity index (χ0n) is 12.7. The van der Waals surface area contributed by atoms with Crippen LogP contribution in [0.2, 0.25) is 0 Å². The van der Waals surface area contributed by atoms with Gasteiger partial charge in [0.25, 0.3) is 5.91 Å². The average molecular weight is 295 g/mol. The van der Waals surface area contributed by atoms with Gasteiger partial charge in [0.15, 0.2) is 0 Å². The summed E-state index contributed by atoms with van der Waals surface area (Å²) in [6.07, 6.45) is 0.634. The highest BCUT2D eigenvalue weighted by Gasteiger charge is 2.28. The van der Waals surface area contributed by atoms with Gasteiger partial charge in [0.1, 0.15) is 5.69 Å². The van der Waals surface area contributed by atoms with Crippen molar-refractivity contribution in [3.05, 3.63) is 17.5 Å².